The Kier molecular flexibility index (Phi) is 3.65. The molecule has 0 fully saturated rings. The zero-order chi connectivity index (χ0) is 14.2. The van der Waals surface area contributed by atoms with E-state index in [-0.39, 0.29) is 0 Å². The largest absolute Gasteiger partial charge is 0.398 e. The SMILES string of the molecule is CC(C)c1cc(-c2cnn(C)c2)cc(C(C)C)c1N. The predicted molar refractivity (Wildman–Crippen MR) is 81.2 cm³/mol. The van der Waals surface area contributed by atoms with Gasteiger partial charge in [-0.15, -0.1) is 0 Å². The monoisotopic (exact) mass is 257 g/mol. The Bertz CT molecular complexity index is 550. The Labute approximate surface area is 115 Å². The van der Waals surface area contributed by atoms with Gasteiger partial charge in [0.1, 0.15) is 0 Å². The van der Waals surface area contributed by atoms with Crippen LogP contribution in [-0.4, -0.2) is 9.78 Å². The molecule has 0 aliphatic carbocycles. The number of nitrogens with two attached hydrogens (primary N) is 1. The average Bonchev–Trinajstić information content (AvgIpc) is 2.75. The number of nitrogen functional groups attached to an aromatic ring is 1. The van der Waals surface area contributed by atoms with Crippen molar-refractivity contribution in [1.29, 1.82) is 0 Å². The van der Waals surface area contributed by atoms with Crippen LogP contribution >= 0.6 is 0 Å². The van der Waals surface area contributed by atoms with Crippen LogP contribution in [0.25, 0.3) is 11.1 Å². The molecule has 0 saturated heterocycles. The highest BCUT2D eigenvalue weighted by Crippen LogP contribution is 2.34. The number of nitrogens with zero attached hydrogens (tertiary/aromatic N) is 2. The Hall–Kier alpha value is -1.77. The molecule has 1 aromatic heterocycles. The lowest BCUT2D eigenvalue weighted by Gasteiger charge is -2.18. The maximum atomic E-state index is 6.32. The van der Waals surface area contributed by atoms with Crippen molar-refractivity contribution in [2.24, 2.45) is 7.05 Å². The fourth-order valence-electron chi connectivity index (χ4n) is 2.39. The molecule has 0 aliphatic rings. The van der Waals surface area contributed by atoms with Gasteiger partial charge in [0.25, 0.3) is 0 Å². The number of benzene rings is 1. The fourth-order valence-corrected chi connectivity index (χ4v) is 2.39. The molecule has 3 heteroatoms. The first-order chi connectivity index (χ1) is 8.90. The number of hydrogen-bond donors (Lipinski definition) is 1. The number of aromatic nitrogens is 2. The van der Waals surface area contributed by atoms with Gasteiger partial charge in [0, 0.05) is 24.5 Å². The quantitative estimate of drug-likeness (QED) is 0.847. The van der Waals surface area contributed by atoms with Crippen LogP contribution in [0, 0.1) is 0 Å². The van der Waals surface area contributed by atoms with Crippen molar-refractivity contribution in [3.05, 3.63) is 35.7 Å². The maximum Gasteiger partial charge on any atom is 0.0568 e. The standard InChI is InChI=1S/C16H23N3/c1-10(2)14-6-12(13-8-18-19(5)9-13)7-15(11(3)4)16(14)17/h6-11H,17H2,1-5H3. The van der Waals surface area contributed by atoms with Gasteiger partial charge in [-0.05, 0) is 40.7 Å². The van der Waals surface area contributed by atoms with Crippen molar-refractivity contribution >= 4 is 5.69 Å². The lowest BCUT2D eigenvalue weighted by Crippen LogP contribution is -2.03. The third-order valence-electron chi connectivity index (χ3n) is 3.53. The van der Waals surface area contributed by atoms with Gasteiger partial charge in [-0.25, -0.2) is 0 Å². The van der Waals surface area contributed by atoms with E-state index in [1.807, 2.05) is 24.1 Å². The van der Waals surface area contributed by atoms with Crippen LogP contribution in [0.15, 0.2) is 24.5 Å². The Morgan fingerprint density at radius 1 is 1.00 bits per heavy atom. The first kappa shape index (κ1) is 13.7. The van der Waals surface area contributed by atoms with Crippen molar-refractivity contribution in [3.63, 3.8) is 0 Å². The molecule has 2 N–H and O–H groups in total. The van der Waals surface area contributed by atoms with Crippen molar-refractivity contribution < 1.29 is 0 Å². The zero-order valence-electron chi connectivity index (χ0n) is 12.4. The minimum absolute atomic E-state index is 0.425. The summed E-state index contributed by atoms with van der Waals surface area (Å²) in [6.45, 7) is 8.73. The molecule has 1 heterocycles. The van der Waals surface area contributed by atoms with Crippen molar-refractivity contribution in [2.75, 3.05) is 5.73 Å². The topological polar surface area (TPSA) is 43.8 Å². The van der Waals surface area contributed by atoms with Crippen LogP contribution in [0.1, 0.15) is 50.7 Å². The number of hydrogen-bond acceptors (Lipinski definition) is 2. The molecule has 0 aliphatic heterocycles. The predicted octanol–water partition coefficient (Wildman–Crippen LogP) is 3.92. The second-order valence-corrected chi connectivity index (χ2v) is 5.78. The second-order valence-electron chi connectivity index (χ2n) is 5.78. The maximum absolute atomic E-state index is 6.32. The molecule has 2 rings (SSSR count). The molecule has 0 spiro atoms. The molecule has 1 aromatic carbocycles. The van der Waals surface area contributed by atoms with Gasteiger partial charge in [0.15, 0.2) is 0 Å². The average molecular weight is 257 g/mol. The van der Waals surface area contributed by atoms with E-state index in [1.54, 1.807) is 0 Å². The molecule has 102 valence electrons. The molecule has 0 unspecified atom stereocenters. The summed E-state index contributed by atoms with van der Waals surface area (Å²) < 4.78 is 1.83. The lowest BCUT2D eigenvalue weighted by molar-refractivity contribution is 0.768. The van der Waals surface area contributed by atoms with Gasteiger partial charge in [-0.1, -0.05) is 27.7 Å². The number of aryl methyl sites for hydroxylation is 1. The van der Waals surface area contributed by atoms with Crippen LogP contribution in [-0.2, 0) is 7.05 Å². The summed E-state index contributed by atoms with van der Waals surface area (Å²) in [6.07, 6.45) is 3.94. The third-order valence-corrected chi connectivity index (χ3v) is 3.53. The second kappa shape index (κ2) is 5.08. The number of rotatable bonds is 3. The summed E-state index contributed by atoms with van der Waals surface area (Å²) in [5.41, 5.74) is 12.1. The van der Waals surface area contributed by atoms with E-state index in [9.17, 15) is 0 Å². The van der Waals surface area contributed by atoms with Crippen LogP contribution in [0.5, 0.6) is 0 Å². The van der Waals surface area contributed by atoms with E-state index in [1.165, 1.54) is 16.7 Å². The van der Waals surface area contributed by atoms with Gasteiger partial charge in [-0.2, -0.15) is 5.10 Å². The van der Waals surface area contributed by atoms with E-state index >= 15 is 0 Å². The summed E-state index contributed by atoms with van der Waals surface area (Å²) in [4.78, 5) is 0. The van der Waals surface area contributed by atoms with Crippen molar-refractivity contribution in [2.45, 2.75) is 39.5 Å². The Morgan fingerprint density at radius 3 is 1.89 bits per heavy atom. The summed E-state index contributed by atoms with van der Waals surface area (Å²) in [5, 5.41) is 4.25. The molecule has 0 radical (unpaired) electrons. The zero-order valence-corrected chi connectivity index (χ0v) is 12.4. The molecule has 0 bridgehead atoms. The summed E-state index contributed by atoms with van der Waals surface area (Å²) in [7, 11) is 1.94. The molecule has 19 heavy (non-hydrogen) atoms. The Morgan fingerprint density at radius 2 is 1.53 bits per heavy atom. The Balaban J connectivity index is 2.62. The highest BCUT2D eigenvalue weighted by molar-refractivity contribution is 5.70. The lowest BCUT2D eigenvalue weighted by atomic mass is 9.89. The minimum Gasteiger partial charge on any atom is -0.398 e. The van der Waals surface area contributed by atoms with E-state index in [0.29, 0.717) is 11.8 Å². The molecular weight excluding hydrogens is 234 g/mol. The summed E-state index contributed by atoms with van der Waals surface area (Å²) in [5.74, 6) is 0.850. The third kappa shape index (κ3) is 2.65. The van der Waals surface area contributed by atoms with Gasteiger partial charge in [-0.3, -0.25) is 4.68 Å². The van der Waals surface area contributed by atoms with Gasteiger partial charge in [0.05, 0.1) is 6.20 Å². The number of anilines is 1. The highest BCUT2D eigenvalue weighted by Gasteiger charge is 2.14. The van der Waals surface area contributed by atoms with Gasteiger partial charge in [0.2, 0.25) is 0 Å². The van der Waals surface area contributed by atoms with E-state index in [0.717, 1.165) is 11.3 Å². The van der Waals surface area contributed by atoms with E-state index < -0.39 is 0 Å². The van der Waals surface area contributed by atoms with Crippen molar-refractivity contribution in [1.82, 2.24) is 9.78 Å². The van der Waals surface area contributed by atoms with Crippen LogP contribution in [0.3, 0.4) is 0 Å². The molecule has 0 atom stereocenters. The van der Waals surface area contributed by atoms with E-state index in [2.05, 4.69) is 44.9 Å². The molecule has 0 amide bonds. The van der Waals surface area contributed by atoms with Gasteiger partial charge >= 0.3 is 0 Å². The van der Waals surface area contributed by atoms with Crippen LogP contribution in [0.2, 0.25) is 0 Å². The van der Waals surface area contributed by atoms with Crippen molar-refractivity contribution in [3.8, 4) is 11.1 Å². The van der Waals surface area contributed by atoms with Crippen LogP contribution in [0.4, 0.5) is 5.69 Å². The smallest absolute Gasteiger partial charge is 0.0568 e. The molecule has 0 saturated carbocycles. The first-order valence-corrected chi connectivity index (χ1v) is 6.82. The van der Waals surface area contributed by atoms with Crippen LogP contribution < -0.4 is 5.73 Å². The molecule has 2 aromatic rings. The van der Waals surface area contributed by atoms with E-state index in [4.69, 9.17) is 5.73 Å². The normalized spacial score (nSPS) is 11.5. The molecular formula is C16H23N3. The first-order valence-electron chi connectivity index (χ1n) is 6.82. The summed E-state index contributed by atoms with van der Waals surface area (Å²) in [6, 6.07) is 4.39. The van der Waals surface area contributed by atoms with Gasteiger partial charge < -0.3 is 5.73 Å². The molecule has 3 nitrogen and oxygen atoms in total. The highest BCUT2D eigenvalue weighted by atomic mass is 15.2. The summed E-state index contributed by atoms with van der Waals surface area (Å²) >= 11 is 0. The minimum atomic E-state index is 0.425. The fraction of sp³-hybridized carbons (Fsp3) is 0.438.